The summed E-state index contributed by atoms with van der Waals surface area (Å²) in [6.45, 7) is 4.33. The van der Waals surface area contributed by atoms with Gasteiger partial charge in [-0.25, -0.2) is 0 Å². The first kappa shape index (κ1) is 33.1. The van der Waals surface area contributed by atoms with Crippen molar-refractivity contribution in [3.63, 3.8) is 0 Å². The van der Waals surface area contributed by atoms with Gasteiger partial charge in [0.1, 0.15) is 0 Å². The van der Waals surface area contributed by atoms with Gasteiger partial charge in [0.15, 0.2) is 0 Å². The van der Waals surface area contributed by atoms with Crippen molar-refractivity contribution in [2.75, 3.05) is 7.05 Å². The van der Waals surface area contributed by atoms with Crippen molar-refractivity contribution in [1.82, 2.24) is 20.9 Å². The van der Waals surface area contributed by atoms with Gasteiger partial charge in [0.25, 0.3) is 0 Å². The predicted octanol–water partition coefficient (Wildman–Crippen LogP) is 11.1. The second-order valence-corrected chi connectivity index (χ2v) is 14.6. The third-order valence-corrected chi connectivity index (χ3v) is 10.9. The summed E-state index contributed by atoms with van der Waals surface area (Å²) in [6, 6.07) is 58.1. The zero-order chi connectivity index (χ0) is 35.9. The summed E-state index contributed by atoms with van der Waals surface area (Å²) >= 11 is 0. The molecule has 7 aromatic rings. The molecule has 7 aromatic carbocycles. The summed E-state index contributed by atoms with van der Waals surface area (Å²) in [7, 11) is 2.22. The zero-order valence-corrected chi connectivity index (χ0v) is 30.4. The SMILES string of the molecule is CC1=CC(c2ccc(-c3cc(-c4ccc5ccc6ccccc6c5c4)cc(C4NC(c5ccccc5)NC(c5ccccc5)N4C)c3)cc2)=CC(C)N1. The van der Waals surface area contributed by atoms with Crippen molar-refractivity contribution in [3.8, 4) is 22.3 Å². The highest BCUT2D eigenvalue weighted by molar-refractivity contribution is 6.08. The van der Waals surface area contributed by atoms with Gasteiger partial charge in [-0.1, -0.05) is 140 Å². The Kier molecular flexibility index (Phi) is 8.73. The normalized spacial score (nSPS) is 20.5. The van der Waals surface area contributed by atoms with Gasteiger partial charge in [0.2, 0.25) is 0 Å². The maximum Gasteiger partial charge on any atom is 0.0888 e. The fourth-order valence-corrected chi connectivity index (χ4v) is 8.24. The molecule has 2 aliphatic rings. The highest BCUT2D eigenvalue weighted by Crippen LogP contribution is 2.39. The third kappa shape index (κ3) is 6.58. The molecule has 0 aliphatic carbocycles. The van der Waals surface area contributed by atoms with Crippen LogP contribution in [0.5, 0.6) is 0 Å². The van der Waals surface area contributed by atoms with Crippen molar-refractivity contribution < 1.29 is 0 Å². The maximum atomic E-state index is 4.00. The van der Waals surface area contributed by atoms with Crippen LogP contribution in [0.2, 0.25) is 0 Å². The van der Waals surface area contributed by atoms with Crippen LogP contribution in [-0.4, -0.2) is 18.0 Å². The summed E-state index contributed by atoms with van der Waals surface area (Å²) in [5, 5.41) is 16.5. The largest absolute Gasteiger partial charge is 0.383 e. The summed E-state index contributed by atoms with van der Waals surface area (Å²) in [4.78, 5) is 2.42. The van der Waals surface area contributed by atoms with E-state index >= 15 is 0 Å². The van der Waals surface area contributed by atoms with Gasteiger partial charge in [-0.2, -0.15) is 0 Å². The molecule has 53 heavy (non-hydrogen) atoms. The Morgan fingerprint density at radius 2 is 1.06 bits per heavy atom. The Bertz CT molecular complexity index is 2480. The zero-order valence-electron chi connectivity index (χ0n) is 30.4. The quantitative estimate of drug-likeness (QED) is 0.152. The van der Waals surface area contributed by atoms with Crippen LogP contribution in [0, 0.1) is 0 Å². The number of hydrogen-bond donors (Lipinski definition) is 3. The molecular formula is C49H44N4. The molecule has 3 N–H and O–H groups in total. The number of rotatable bonds is 6. The van der Waals surface area contributed by atoms with E-state index in [-0.39, 0.29) is 18.5 Å². The molecule has 260 valence electrons. The fourth-order valence-electron chi connectivity index (χ4n) is 8.24. The van der Waals surface area contributed by atoms with Crippen LogP contribution < -0.4 is 16.0 Å². The van der Waals surface area contributed by atoms with Crippen LogP contribution in [0.3, 0.4) is 0 Å². The van der Waals surface area contributed by atoms with E-state index in [4.69, 9.17) is 0 Å². The van der Waals surface area contributed by atoms with Crippen molar-refractivity contribution in [3.05, 3.63) is 198 Å². The van der Waals surface area contributed by atoms with Crippen LogP contribution in [0.15, 0.2) is 176 Å². The minimum absolute atomic E-state index is 0.00300. The van der Waals surface area contributed by atoms with Crippen LogP contribution in [0.1, 0.15) is 54.6 Å². The van der Waals surface area contributed by atoms with E-state index in [0.29, 0.717) is 6.04 Å². The van der Waals surface area contributed by atoms with Crippen LogP contribution >= 0.6 is 0 Å². The lowest BCUT2D eigenvalue weighted by Gasteiger charge is -2.46. The average molecular weight is 689 g/mol. The molecule has 0 radical (unpaired) electrons. The third-order valence-electron chi connectivity index (χ3n) is 10.9. The average Bonchev–Trinajstić information content (AvgIpc) is 3.21. The highest BCUT2D eigenvalue weighted by Gasteiger charge is 2.35. The number of hydrogen-bond acceptors (Lipinski definition) is 4. The Morgan fingerprint density at radius 3 is 1.77 bits per heavy atom. The first-order chi connectivity index (χ1) is 26.0. The van der Waals surface area contributed by atoms with Gasteiger partial charge in [-0.3, -0.25) is 15.5 Å². The van der Waals surface area contributed by atoms with E-state index < -0.39 is 0 Å². The standard InChI is InChI=1S/C49H44N4/c1-32-26-41(27-33(2)50-32)34-18-20-35(21-19-34)42-28-43(40-25-24-37-23-22-36-12-10-11-17-45(36)46(37)31-40)30-44(29-42)49-52-47(38-13-6-4-7-14-38)51-48(53(49)3)39-15-8-5-9-16-39/h4-32,47-52H,1-3H3. The van der Waals surface area contributed by atoms with E-state index in [1.165, 1.54) is 77.3 Å². The van der Waals surface area contributed by atoms with Crippen molar-refractivity contribution >= 4 is 27.1 Å². The topological polar surface area (TPSA) is 39.3 Å². The number of dihydropyridines is 1. The smallest absolute Gasteiger partial charge is 0.0888 e. The lowest BCUT2D eigenvalue weighted by molar-refractivity contribution is 0.0416. The first-order valence-corrected chi connectivity index (χ1v) is 18.7. The molecule has 0 saturated carbocycles. The summed E-state index contributed by atoms with van der Waals surface area (Å²) in [5.41, 5.74) is 12.2. The van der Waals surface area contributed by atoms with Gasteiger partial charge >= 0.3 is 0 Å². The van der Waals surface area contributed by atoms with Gasteiger partial charge in [-0.05, 0) is 123 Å². The molecule has 4 atom stereocenters. The lowest BCUT2D eigenvalue weighted by atomic mass is 9.91. The molecule has 2 aliphatic heterocycles. The second-order valence-electron chi connectivity index (χ2n) is 14.6. The molecular weight excluding hydrogens is 645 g/mol. The van der Waals surface area contributed by atoms with Crippen molar-refractivity contribution in [2.45, 2.75) is 38.4 Å². The number of allylic oxidation sites excluding steroid dienone is 3. The first-order valence-electron chi connectivity index (χ1n) is 18.7. The minimum atomic E-state index is -0.0691. The van der Waals surface area contributed by atoms with Gasteiger partial charge in [0, 0.05) is 11.7 Å². The molecule has 4 unspecified atom stereocenters. The lowest BCUT2D eigenvalue weighted by Crippen LogP contribution is -2.54. The van der Waals surface area contributed by atoms with Gasteiger partial charge in [0.05, 0.1) is 18.5 Å². The van der Waals surface area contributed by atoms with Crippen molar-refractivity contribution in [1.29, 1.82) is 0 Å². The molecule has 0 spiro atoms. The van der Waals surface area contributed by atoms with E-state index in [1.54, 1.807) is 0 Å². The van der Waals surface area contributed by atoms with Gasteiger partial charge in [-0.15, -0.1) is 0 Å². The van der Waals surface area contributed by atoms with E-state index in [9.17, 15) is 0 Å². The van der Waals surface area contributed by atoms with Gasteiger partial charge < -0.3 is 5.32 Å². The number of fused-ring (bicyclic) bond motifs is 3. The number of benzene rings is 7. The summed E-state index contributed by atoms with van der Waals surface area (Å²) in [5.74, 6) is 0. The predicted molar refractivity (Wildman–Crippen MR) is 222 cm³/mol. The Hall–Kier alpha value is -5.78. The fraction of sp³-hybridized carbons (Fsp3) is 0.143. The Morgan fingerprint density at radius 1 is 0.491 bits per heavy atom. The van der Waals surface area contributed by atoms with Crippen molar-refractivity contribution in [2.24, 2.45) is 0 Å². The monoisotopic (exact) mass is 688 g/mol. The number of nitrogens with one attached hydrogen (secondary N) is 3. The summed E-state index contributed by atoms with van der Waals surface area (Å²) in [6.07, 6.45) is 4.43. The maximum absolute atomic E-state index is 4.00. The van der Waals surface area contributed by atoms with Crippen LogP contribution in [-0.2, 0) is 0 Å². The molecule has 0 amide bonds. The molecule has 9 rings (SSSR count). The highest BCUT2D eigenvalue weighted by atomic mass is 15.4. The molecule has 0 aromatic heterocycles. The van der Waals surface area contributed by atoms with Crippen LogP contribution in [0.4, 0.5) is 0 Å². The van der Waals surface area contributed by atoms with E-state index in [2.05, 4.69) is 212 Å². The number of nitrogens with zero attached hydrogens (tertiary/aromatic N) is 1. The Balaban J connectivity index is 1.19. The van der Waals surface area contributed by atoms with Crippen LogP contribution in [0.25, 0.3) is 49.4 Å². The van der Waals surface area contributed by atoms with E-state index in [1.807, 2.05) is 0 Å². The molecule has 2 heterocycles. The molecule has 1 fully saturated rings. The molecule has 4 heteroatoms. The molecule has 1 saturated heterocycles. The molecule has 4 nitrogen and oxygen atoms in total. The minimum Gasteiger partial charge on any atom is -0.383 e. The second kappa shape index (κ2) is 14.0. The van der Waals surface area contributed by atoms with E-state index in [0.717, 1.165) is 0 Å². The Labute approximate surface area is 312 Å². The molecule has 0 bridgehead atoms. The summed E-state index contributed by atoms with van der Waals surface area (Å²) < 4.78 is 0.